The smallest absolute Gasteiger partial charge is 0.247 e. The number of nitrogens with zero attached hydrogens (tertiary/aromatic N) is 3. The van der Waals surface area contributed by atoms with Crippen LogP contribution in [0.1, 0.15) is 19.2 Å². The first-order valence-electron chi connectivity index (χ1n) is 7.49. The van der Waals surface area contributed by atoms with Crippen LogP contribution in [0.15, 0.2) is 34.7 Å². The molecule has 116 valence electrons. The van der Waals surface area contributed by atoms with Gasteiger partial charge >= 0.3 is 0 Å². The molecule has 0 spiro atoms. The Hall–Kier alpha value is -2.21. The molecule has 1 aromatic carbocycles. The van der Waals surface area contributed by atoms with Crippen LogP contribution in [-0.2, 0) is 16.0 Å². The summed E-state index contributed by atoms with van der Waals surface area (Å²) in [6.07, 6.45) is 0.943. The Morgan fingerprint density at radius 1 is 1.32 bits per heavy atom. The maximum atomic E-state index is 12.2. The SMILES string of the molecule is CC1CN(C(=O)CCc2nnc(-c3ccccc3)o2)CCO1. The number of amides is 1. The highest BCUT2D eigenvalue weighted by Gasteiger charge is 2.21. The molecule has 0 aliphatic carbocycles. The predicted molar refractivity (Wildman–Crippen MR) is 80.0 cm³/mol. The van der Waals surface area contributed by atoms with Gasteiger partial charge in [0, 0.05) is 31.5 Å². The lowest BCUT2D eigenvalue weighted by Crippen LogP contribution is -2.44. The highest BCUT2D eigenvalue weighted by atomic mass is 16.5. The number of hydrogen-bond donors (Lipinski definition) is 0. The summed E-state index contributed by atoms with van der Waals surface area (Å²) >= 11 is 0. The van der Waals surface area contributed by atoms with E-state index in [1.807, 2.05) is 42.2 Å². The Morgan fingerprint density at radius 2 is 2.14 bits per heavy atom. The van der Waals surface area contributed by atoms with Gasteiger partial charge in [0.15, 0.2) is 0 Å². The van der Waals surface area contributed by atoms with Crippen LogP contribution in [-0.4, -0.2) is 46.8 Å². The number of ether oxygens (including phenoxy) is 1. The Bertz CT molecular complexity index is 627. The first kappa shape index (κ1) is 14.7. The molecule has 1 unspecified atom stereocenters. The monoisotopic (exact) mass is 301 g/mol. The molecule has 6 nitrogen and oxygen atoms in total. The molecule has 0 radical (unpaired) electrons. The minimum absolute atomic E-state index is 0.103. The molecule has 1 atom stereocenters. The fourth-order valence-electron chi connectivity index (χ4n) is 2.47. The number of morpholine rings is 1. The number of benzene rings is 1. The van der Waals surface area contributed by atoms with Crippen molar-refractivity contribution in [2.75, 3.05) is 19.7 Å². The van der Waals surface area contributed by atoms with E-state index >= 15 is 0 Å². The zero-order chi connectivity index (χ0) is 15.4. The fourth-order valence-corrected chi connectivity index (χ4v) is 2.47. The molecule has 3 rings (SSSR count). The van der Waals surface area contributed by atoms with Crippen molar-refractivity contribution < 1.29 is 13.9 Å². The van der Waals surface area contributed by atoms with Gasteiger partial charge in [-0.15, -0.1) is 10.2 Å². The predicted octanol–water partition coefficient (Wildman–Crippen LogP) is 1.92. The molecule has 2 heterocycles. The minimum Gasteiger partial charge on any atom is -0.421 e. The fraction of sp³-hybridized carbons (Fsp3) is 0.438. The zero-order valence-electron chi connectivity index (χ0n) is 12.6. The molecule has 1 aliphatic rings. The van der Waals surface area contributed by atoms with E-state index in [9.17, 15) is 4.79 Å². The maximum Gasteiger partial charge on any atom is 0.247 e. The van der Waals surface area contributed by atoms with Crippen LogP contribution < -0.4 is 0 Å². The van der Waals surface area contributed by atoms with Crippen molar-refractivity contribution in [3.05, 3.63) is 36.2 Å². The number of carbonyl (C=O) groups excluding carboxylic acids is 1. The molecular weight excluding hydrogens is 282 g/mol. The van der Waals surface area contributed by atoms with Crippen LogP contribution in [0, 0.1) is 0 Å². The molecule has 2 aromatic rings. The van der Waals surface area contributed by atoms with Crippen molar-refractivity contribution in [2.45, 2.75) is 25.9 Å². The van der Waals surface area contributed by atoms with Gasteiger partial charge in [-0.2, -0.15) is 0 Å². The van der Waals surface area contributed by atoms with E-state index in [0.29, 0.717) is 44.3 Å². The Morgan fingerprint density at radius 3 is 2.91 bits per heavy atom. The normalized spacial score (nSPS) is 18.4. The summed E-state index contributed by atoms with van der Waals surface area (Å²) in [6, 6.07) is 9.60. The van der Waals surface area contributed by atoms with E-state index < -0.39 is 0 Å². The highest BCUT2D eigenvalue weighted by molar-refractivity contribution is 5.76. The van der Waals surface area contributed by atoms with E-state index in [-0.39, 0.29) is 12.0 Å². The van der Waals surface area contributed by atoms with E-state index in [2.05, 4.69) is 10.2 Å². The van der Waals surface area contributed by atoms with Crippen molar-refractivity contribution in [1.82, 2.24) is 15.1 Å². The third kappa shape index (κ3) is 3.51. The van der Waals surface area contributed by atoms with Crippen LogP contribution in [0.5, 0.6) is 0 Å². The lowest BCUT2D eigenvalue weighted by molar-refractivity contribution is -0.138. The second-order valence-electron chi connectivity index (χ2n) is 5.39. The van der Waals surface area contributed by atoms with Crippen molar-refractivity contribution in [3.63, 3.8) is 0 Å². The topological polar surface area (TPSA) is 68.5 Å². The van der Waals surface area contributed by atoms with Crippen LogP contribution in [0.4, 0.5) is 0 Å². The summed E-state index contributed by atoms with van der Waals surface area (Å²) < 4.78 is 11.0. The molecule has 0 N–H and O–H groups in total. The molecule has 6 heteroatoms. The lowest BCUT2D eigenvalue weighted by Gasteiger charge is -2.31. The Kier molecular flexibility index (Phi) is 4.48. The number of hydrogen-bond acceptors (Lipinski definition) is 5. The van der Waals surface area contributed by atoms with Gasteiger partial charge in [-0.3, -0.25) is 4.79 Å². The van der Waals surface area contributed by atoms with Crippen LogP contribution >= 0.6 is 0 Å². The molecule has 1 amide bonds. The number of rotatable bonds is 4. The Balaban J connectivity index is 1.56. The van der Waals surface area contributed by atoms with E-state index in [0.717, 1.165) is 5.56 Å². The van der Waals surface area contributed by atoms with E-state index in [1.54, 1.807) is 0 Å². The number of aromatic nitrogens is 2. The molecule has 1 aliphatic heterocycles. The first-order chi connectivity index (χ1) is 10.7. The first-order valence-corrected chi connectivity index (χ1v) is 7.49. The summed E-state index contributed by atoms with van der Waals surface area (Å²) in [4.78, 5) is 14.0. The van der Waals surface area contributed by atoms with E-state index in [1.165, 1.54) is 0 Å². The molecule has 0 bridgehead atoms. The molecular formula is C16H19N3O3. The molecule has 0 saturated carbocycles. The summed E-state index contributed by atoms with van der Waals surface area (Å²) in [5.74, 6) is 1.09. The largest absolute Gasteiger partial charge is 0.421 e. The van der Waals surface area contributed by atoms with Crippen LogP contribution in [0.3, 0.4) is 0 Å². The quantitative estimate of drug-likeness (QED) is 0.863. The molecule has 1 aromatic heterocycles. The number of aryl methyl sites for hydroxylation is 1. The maximum absolute atomic E-state index is 12.2. The van der Waals surface area contributed by atoms with Crippen LogP contribution in [0.25, 0.3) is 11.5 Å². The number of carbonyl (C=O) groups is 1. The molecule has 1 saturated heterocycles. The van der Waals surface area contributed by atoms with Crippen LogP contribution in [0.2, 0.25) is 0 Å². The van der Waals surface area contributed by atoms with Crippen molar-refractivity contribution >= 4 is 5.91 Å². The van der Waals surface area contributed by atoms with Crippen molar-refractivity contribution in [3.8, 4) is 11.5 Å². The summed E-state index contributed by atoms with van der Waals surface area (Å²) in [6.45, 7) is 3.88. The van der Waals surface area contributed by atoms with Gasteiger partial charge in [0.05, 0.1) is 12.7 Å². The Labute approximate surface area is 129 Å². The average molecular weight is 301 g/mol. The standard InChI is InChI=1S/C16H19N3O3/c1-12-11-19(9-10-21-12)15(20)8-7-14-17-18-16(22-14)13-5-3-2-4-6-13/h2-6,12H,7-11H2,1H3. The van der Waals surface area contributed by atoms with Gasteiger partial charge < -0.3 is 14.1 Å². The minimum atomic E-state index is 0.103. The second-order valence-corrected chi connectivity index (χ2v) is 5.39. The van der Waals surface area contributed by atoms with Gasteiger partial charge in [0.2, 0.25) is 17.7 Å². The summed E-state index contributed by atoms with van der Waals surface area (Å²) in [5, 5.41) is 8.04. The van der Waals surface area contributed by atoms with Gasteiger partial charge in [-0.05, 0) is 19.1 Å². The van der Waals surface area contributed by atoms with E-state index in [4.69, 9.17) is 9.15 Å². The summed E-state index contributed by atoms with van der Waals surface area (Å²) in [5.41, 5.74) is 0.884. The average Bonchev–Trinajstić information content (AvgIpc) is 3.02. The lowest BCUT2D eigenvalue weighted by atomic mass is 10.2. The van der Waals surface area contributed by atoms with Crippen molar-refractivity contribution in [1.29, 1.82) is 0 Å². The highest BCUT2D eigenvalue weighted by Crippen LogP contribution is 2.17. The summed E-state index contributed by atoms with van der Waals surface area (Å²) in [7, 11) is 0. The zero-order valence-corrected chi connectivity index (χ0v) is 12.6. The third-order valence-electron chi connectivity index (χ3n) is 3.63. The van der Waals surface area contributed by atoms with Crippen molar-refractivity contribution in [2.24, 2.45) is 0 Å². The molecule has 22 heavy (non-hydrogen) atoms. The molecule has 1 fully saturated rings. The van der Waals surface area contributed by atoms with Gasteiger partial charge in [0.25, 0.3) is 0 Å². The second kappa shape index (κ2) is 6.70. The van der Waals surface area contributed by atoms with Gasteiger partial charge in [-0.1, -0.05) is 18.2 Å². The van der Waals surface area contributed by atoms with Gasteiger partial charge in [0.1, 0.15) is 0 Å². The third-order valence-corrected chi connectivity index (χ3v) is 3.63. The van der Waals surface area contributed by atoms with Gasteiger partial charge in [-0.25, -0.2) is 0 Å².